The number of nitrogens with one attached hydrogen (secondary N) is 8. The van der Waals surface area contributed by atoms with Crippen LogP contribution in [-0.2, 0) is 59.2 Å². The van der Waals surface area contributed by atoms with Crippen molar-refractivity contribution >= 4 is 65.4 Å². The standard InChI is InChI=1S/C46H73N11O12/c1-9-25(4)38(56-41(64)28(7)52-43(66)33(21-30-14-11-10-12-15-30)55-45(68)37(48)29(8)59)46(69)57-19-13-16-34(57)44(67)54-32(17-18-35(47)60)42(65)51-27(6)40(63)50-26(5)39(62)49-22-36(61)53-31(23-58)20-24(2)3/h10-12,14-15,23-29,31-34,37-38,59H,9,13,16-22,48H2,1-8H3,(H2,47,60)(H,49,62)(H,50,63)(H,51,65)(H,52,66)(H,53,61)(H,54,67)(H,55,68)(H,56,64)/t25-,26-,27-,28-,29+,31-,32-,33-,34-,37-,38-/m0/s1. The smallest absolute Gasteiger partial charge is 0.246 e. The van der Waals surface area contributed by atoms with E-state index >= 15 is 0 Å². The Bertz CT molecular complexity index is 1970. The van der Waals surface area contributed by atoms with Crippen LogP contribution in [0.1, 0.15) is 99.5 Å². The van der Waals surface area contributed by atoms with Gasteiger partial charge in [-0.2, -0.15) is 0 Å². The van der Waals surface area contributed by atoms with Gasteiger partial charge in [-0.25, -0.2) is 0 Å². The maximum absolute atomic E-state index is 14.3. The van der Waals surface area contributed by atoms with Crippen molar-refractivity contribution < 1.29 is 57.8 Å². The molecule has 384 valence electrons. The highest BCUT2D eigenvalue weighted by atomic mass is 16.3. The summed E-state index contributed by atoms with van der Waals surface area (Å²) in [6.07, 6.45) is 0.188. The number of primary amides is 1. The first kappa shape index (κ1) is 58.6. The van der Waals surface area contributed by atoms with Crippen LogP contribution < -0.4 is 54.0 Å². The molecule has 1 saturated heterocycles. The lowest BCUT2D eigenvalue weighted by molar-refractivity contribution is -0.143. The number of carbonyl (C=O) groups excluding carboxylic acids is 11. The van der Waals surface area contributed by atoms with Gasteiger partial charge >= 0.3 is 0 Å². The zero-order valence-corrected chi connectivity index (χ0v) is 40.8. The van der Waals surface area contributed by atoms with E-state index in [0.29, 0.717) is 31.1 Å². The van der Waals surface area contributed by atoms with Gasteiger partial charge in [-0.15, -0.1) is 0 Å². The van der Waals surface area contributed by atoms with E-state index in [-0.39, 0.29) is 38.1 Å². The molecule has 0 radical (unpaired) electrons. The molecule has 0 bridgehead atoms. The third kappa shape index (κ3) is 19.6. The molecule has 2 rings (SSSR count). The molecule has 0 saturated carbocycles. The number of aldehydes is 1. The van der Waals surface area contributed by atoms with Crippen LogP contribution in [0.5, 0.6) is 0 Å². The topological polar surface area (TPSA) is 360 Å². The number of hydrogen-bond acceptors (Lipinski definition) is 13. The molecule has 1 aliphatic heterocycles. The van der Waals surface area contributed by atoms with Gasteiger partial charge in [-0.1, -0.05) is 64.4 Å². The zero-order chi connectivity index (χ0) is 52.1. The number of nitrogens with zero attached hydrogens (tertiary/aromatic N) is 1. The summed E-state index contributed by atoms with van der Waals surface area (Å²) in [6.45, 7) is 12.3. The van der Waals surface area contributed by atoms with E-state index in [1.165, 1.54) is 32.6 Å². The van der Waals surface area contributed by atoms with Gasteiger partial charge in [0.25, 0.3) is 0 Å². The van der Waals surface area contributed by atoms with Crippen molar-refractivity contribution in [3.05, 3.63) is 35.9 Å². The fourth-order valence-electron chi connectivity index (χ4n) is 7.21. The molecule has 11 atom stereocenters. The van der Waals surface area contributed by atoms with Gasteiger partial charge in [0.05, 0.1) is 18.7 Å². The summed E-state index contributed by atoms with van der Waals surface area (Å²) >= 11 is 0. The van der Waals surface area contributed by atoms with Crippen LogP contribution in [0.2, 0.25) is 0 Å². The molecule has 13 N–H and O–H groups in total. The molecule has 1 heterocycles. The van der Waals surface area contributed by atoms with Crippen molar-refractivity contribution in [2.24, 2.45) is 23.3 Å². The lowest BCUT2D eigenvalue weighted by Gasteiger charge is -2.32. The Morgan fingerprint density at radius 1 is 0.739 bits per heavy atom. The highest BCUT2D eigenvalue weighted by molar-refractivity contribution is 5.98. The Labute approximate surface area is 402 Å². The summed E-state index contributed by atoms with van der Waals surface area (Å²) in [5.41, 5.74) is 11.9. The summed E-state index contributed by atoms with van der Waals surface area (Å²) in [7, 11) is 0. The first-order valence-electron chi connectivity index (χ1n) is 23.3. The van der Waals surface area contributed by atoms with E-state index in [0.717, 1.165) is 0 Å². The number of carbonyl (C=O) groups is 11. The van der Waals surface area contributed by atoms with Gasteiger partial charge in [-0.3, -0.25) is 47.9 Å². The highest BCUT2D eigenvalue weighted by Crippen LogP contribution is 2.22. The van der Waals surface area contributed by atoms with Gasteiger partial charge in [-0.05, 0) is 70.8 Å². The van der Waals surface area contributed by atoms with E-state index < -0.39 is 132 Å². The highest BCUT2D eigenvalue weighted by Gasteiger charge is 2.41. The third-order valence-corrected chi connectivity index (χ3v) is 11.6. The van der Waals surface area contributed by atoms with Crippen LogP contribution in [-0.4, -0.2) is 149 Å². The first-order valence-corrected chi connectivity index (χ1v) is 23.3. The average Bonchev–Trinajstić information content (AvgIpc) is 3.80. The normalized spacial score (nSPS) is 17.7. The lowest BCUT2D eigenvalue weighted by atomic mass is 9.96. The Kier molecular flexibility index (Phi) is 24.4. The number of benzene rings is 1. The van der Waals surface area contributed by atoms with E-state index in [4.69, 9.17) is 11.5 Å². The Morgan fingerprint density at radius 3 is 1.86 bits per heavy atom. The van der Waals surface area contributed by atoms with Gasteiger partial charge in [0.15, 0.2) is 0 Å². The predicted molar refractivity (Wildman–Crippen MR) is 251 cm³/mol. The number of hydrogen-bond donors (Lipinski definition) is 11. The number of nitrogens with two attached hydrogens (primary N) is 2. The number of aliphatic hydroxyl groups is 1. The summed E-state index contributed by atoms with van der Waals surface area (Å²) < 4.78 is 0. The zero-order valence-electron chi connectivity index (χ0n) is 40.8. The van der Waals surface area contributed by atoms with Crippen LogP contribution >= 0.6 is 0 Å². The molecule has 1 aromatic rings. The fraction of sp³-hybridized carbons (Fsp3) is 0.630. The largest absolute Gasteiger partial charge is 0.391 e. The van der Waals surface area contributed by atoms with Crippen molar-refractivity contribution in [3.63, 3.8) is 0 Å². The van der Waals surface area contributed by atoms with Gasteiger partial charge in [0.2, 0.25) is 59.1 Å². The van der Waals surface area contributed by atoms with E-state index in [1.54, 1.807) is 44.2 Å². The number of rotatable bonds is 28. The minimum atomic E-state index is -1.41. The predicted octanol–water partition coefficient (Wildman–Crippen LogP) is -2.95. The molecule has 10 amide bonds. The second kappa shape index (κ2) is 28.7. The van der Waals surface area contributed by atoms with Gasteiger partial charge < -0.3 is 68.8 Å². The molecule has 1 aromatic carbocycles. The van der Waals surface area contributed by atoms with Crippen LogP contribution in [0.25, 0.3) is 0 Å². The van der Waals surface area contributed by atoms with E-state index in [9.17, 15) is 57.8 Å². The second-order valence-corrected chi connectivity index (χ2v) is 18.0. The molecule has 23 nitrogen and oxygen atoms in total. The lowest BCUT2D eigenvalue weighted by Crippen LogP contribution is -2.60. The molecule has 1 fully saturated rings. The van der Waals surface area contributed by atoms with Crippen LogP contribution in [0.3, 0.4) is 0 Å². The van der Waals surface area contributed by atoms with Crippen molar-refractivity contribution in [1.82, 2.24) is 47.4 Å². The molecular formula is C46H73N11O12. The van der Waals surface area contributed by atoms with Crippen LogP contribution in [0, 0.1) is 11.8 Å². The summed E-state index contributed by atoms with van der Waals surface area (Å²) in [5, 5.41) is 30.0. The molecule has 0 aromatic heterocycles. The first-order chi connectivity index (χ1) is 32.4. The SMILES string of the molecule is CC[C@H](C)[C@H](NC(=O)[C@H](C)NC(=O)[C@H](Cc1ccccc1)NC(=O)[C@@H](N)[C@@H](C)O)C(=O)N1CCC[C@H]1C(=O)N[C@@H](CCC(N)=O)C(=O)N[C@@H](C)C(=O)N[C@@H](C)C(=O)NCC(=O)N[C@H](C=O)CC(C)C. The molecule has 0 aliphatic carbocycles. The average molecular weight is 972 g/mol. The van der Waals surface area contributed by atoms with Crippen LogP contribution in [0.15, 0.2) is 30.3 Å². The molecule has 0 spiro atoms. The number of aliphatic hydroxyl groups excluding tert-OH is 1. The summed E-state index contributed by atoms with van der Waals surface area (Å²) in [5.74, 6) is -7.75. The molecule has 69 heavy (non-hydrogen) atoms. The Balaban J connectivity index is 2.14. The molecule has 23 heteroatoms. The molecular weight excluding hydrogens is 899 g/mol. The van der Waals surface area contributed by atoms with Crippen LogP contribution in [0.4, 0.5) is 0 Å². The van der Waals surface area contributed by atoms with Crippen molar-refractivity contribution in [3.8, 4) is 0 Å². The van der Waals surface area contributed by atoms with Gasteiger partial charge in [0, 0.05) is 19.4 Å². The third-order valence-electron chi connectivity index (χ3n) is 11.6. The quantitative estimate of drug-likeness (QED) is 0.0375. The maximum atomic E-state index is 14.3. The second-order valence-electron chi connectivity index (χ2n) is 18.0. The Hall–Kier alpha value is -6.49. The molecule has 1 aliphatic rings. The number of amides is 10. The van der Waals surface area contributed by atoms with Crippen molar-refractivity contribution in [2.75, 3.05) is 13.1 Å². The molecule has 0 unspecified atom stereocenters. The maximum Gasteiger partial charge on any atom is 0.246 e. The summed E-state index contributed by atoms with van der Waals surface area (Å²) in [6, 6.07) is -1.85. The van der Waals surface area contributed by atoms with E-state index in [2.05, 4.69) is 42.5 Å². The number of likely N-dealkylation sites (tertiary alicyclic amines) is 1. The van der Waals surface area contributed by atoms with Crippen molar-refractivity contribution in [1.29, 1.82) is 0 Å². The van der Waals surface area contributed by atoms with Gasteiger partial charge in [0.1, 0.15) is 54.6 Å². The Morgan fingerprint density at radius 2 is 1.30 bits per heavy atom. The minimum Gasteiger partial charge on any atom is -0.391 e. The summed E-state index contributed by atoms with van der Waals surface area (Å²) in [4.78, 5) is 144. The fourth-order valence-corrected chi connectivity index (χ4v) is 7.21. The minimum absolute atomic E-state index is 0.0269. The van der Waals surface area contributed by atoms with E-state index in [1.807, 2.05) is 13.8 Å². The van der Waals surface area contributed by atoms with Crippen molar-refractivity contribution in [2.45, 2.75) is 161 Å². The monoisotopic (exact) mass is 972 g/mol.